The van der Waals surface area contributed by atoms with Crippen molar-refractivity contribution < 1.29 is 14.6 Å². The molecule has 4 heteroatoms. The Balaban J connectivity index is 2.10. The number of hydrogen-bond donors (Lipinski definition) is 1. The molecule has 0 aliphatic heterocycles. The molecule has 0 unspecified atom stereocenters. The van der Waals surface area contributed by atoms with Gasteiger partial charge in [0.1, 0.15) is 29.9 Å². The molecule has 96 valence electrons. The highest BCUT2D eigenvalue weighted by atomic mass is 16.5. The van der Waals surface area contributed by atoms with E-state index in [9.17, 15) is 5.11 Å². The maximum atomic E-state index is 9.32. The van der Waals surface area contributed by atoms with Gasteiger partial charge < -0.3 is 14.6 Å². The summed E-state index contributed by atoms with van der Waals surface area (Å²) >= 11 is 0. The first-order valence-electron chi connectivity index (χ1n) is 5.72. The van der Waals surface area contributed by atoms with Gasteiger partial charge in [-0.05, 0) is 29.8 Å². The first kappa shape index (κ1) is 12.8. The monoisotopic (exact) mass is 255 g/mol. The summed E-state index contributed by atoms with van der Waals surface area (Å²) < 4.78 is 10.6. The van der Waals surface area contributed by atoms with Gasteiger partial charge in [0.15, 0.2) is 0 Å². The van der Waals surface area contributed by atoms with Crippen LogP contribution in [0.2, 0.25) is 0 Å². The van der Waals surface area contributed by atoms with E-state index in [4.69, 9.17) is 14.7 Å². The molecular weight excluding hydrogens is 242 g/mol. The third-order valence-electron chi connectivity index (χ3n) is 2.61. The Morgan fingerprint density at radius 1 is 1.21 bits per heavy atom. The summed E-state index contributed by atoms with van der Waals surface area (Å²) in [5.41, 5.74) is 1.33. The van der Waals surface area contributed by atoms with Crippen LogP contribution in [0.1, 0.15) is 11.1 Å². The zero-order valence-electron chi connectivity index (χ0n) is 10.5. The minimum absolute atomic E-state index is 0.157. The van der Waals surface area contributed by atoms with Crippen molar-refractivity contribution in [3.63, 3.8) is 0 Å². The number of nitrogens with zero attached hydrogens (tertiary/aromatic N) is 1. The fourth-order valence-electron chi connectivity index (χ4n) is 1.67. The van der Waals surface area contributed by atoms with Gasteiger partial charge in [-0.1, -0.05) is 12.1 Å². The van der Waals surface area contributed by atoms with Crippen LogP contribution >= 0.6 is 0 Å². The third kappa shape index (κ3) is 3.17. The van der Waals surface area contributed by atoms with Crippen LogP contribution < -0.4 is 9.47 Å². The highest BCUT2D eigenvalue weighted by Crippen LogP contribution is 2.21. The van der Waals surface area contributed by atoms with Crippen LogP contribution in [0.4, 0.5) is 0 Å². The summed E-state index contributed by atoms with van der Waals surface area (Å²) in [6.45, 7) is 0.322. The topological polar surface area (TPSA) is 62.5 Å². The lowest BCUT2D eigenvalue weighted by molar-refractivity contribution is 0.304. The van der Waals surface area contributed by atoms with E-state index in [1.165, 1.54) is 13.2 Å². The van der Waals surface area contributed by atoms with Gasteiger partial charge in [0.05, 0.1) is 12.7 Å². The number of nitriles is 1. The summed E-state index contributed by atoms with van der Waals surface area (Å²) in [5, 5.41) is 18.3. The first-order chi connectivity index (χ1) is 9.22. The molecule has 0 saturated heterocycles. The molecule has 19 heavy (non-hydrogen) atoms. The van der Waals surface area contributed by atoms with Crippen molar-refractivity contribution in [1.29, 1.82) is 5.26 Å². The molecule has 0 fully saturated rings. The van der Waals surface area contributed by atoms with Gasteiger partial charge in [-0.2, -0.15) is 5.26 Å². The third-order valence-corrected chi connectivity index (χ3v) is 2.61. The van der Waals surface area contributed by atoms with Crippen molar-refractivity contribution in [3.05, 3.63) is 53.6 Å². The highest BCUT2D eigenvalue weighted by Gasteiger charge is 2.04. The highest BCUT2D eigenvalue weighted by molar-refractivity contribution is 5.45. The lowest BCUT2D eigenvalue weighted by Gasteiger charge is -2.08. The normalized spacial score (nSPS) is 9.68. The second kappa shape index (κ2) is 5.78. The zero-order chi connectivity index (χ0) is 13.7. The number of ether oxygens (including phenoxy) is 2. The summed E-state index contributed by atoms with van der Waals surface area (Å²) in [6, 6.07) is 13.9. The summed E-state index contributed by atoms with van der Waals surface area (Å²) in [5.74, 6) is 1.28. The first-order valence-corrected chi connectivity index (χ1v) is 5.72. The minimum Gasteiger partial charge on any atom is -0.508 e. The van der Waals surface area contributed by atoms with Crippen LogP contribution in [0.25, 0.3) is 0 Å². The van der Waals surface area contributed by atoms with Crippen LogP contribution in [0, 0.1) is 11.3 Å². The lowest BCUT2D eigenvalue weighted by atomic mass is 10.1. The number of phenolic OH excluding ortho intramolecular Hbond substituents is 1. The van der Waals surface area contributed by atoms with Gasteiger partial charge >= 0.3 is 0 Å². The Labute approximate surface area is 111 Å². The molecule has 0 bridgehead atoms. The Kier molecular flexibility index (Phi) is 3.89. The van der Waals surface area contributed by atoms with Crippen molar-refractivity contribution in [3.8, 4) is 23.3 Å². The van der Waals surface area contributed by atoms with E-state index < -0.39 is 0 Å². The number of methoxy groups -OCH3 is 1. The SMILES string of the molecule is COc1ccc(COc2cccc(O)c2)cc1C#N. The number of rotatable bonds is 4. The maximum Gasteiger partial charge on any atom is 0.136 e. The predicted molar refractivity (Wildman–Crippen MR) is 70.1 cm³/mol. The Morgan fingerprint density at radius 3 is 2.74 bits per heavy atom. The van der Waals surface area contributed by atoms with Crippen molar-refractivity contribution >= 4 is 0 Å². The van der Waals surface area contributed by atoms with Gasteiger partial charge in [0.2, 0.25) is 0 Å². The van der Waals surface area contributed by atoms with Crippen molar-refractivity contribution in [1.82, 2.24) is 0 Å². The van der Waals surface area contributed by atoms with Crippen LogP contribution in [0.15, 0.2) is 42.5 Å². The molecule has 0 aliphatic rings. The standard InChI is InChI=1S/C15H13NO3/c1-18-15-6-5-11(7-12(15)9-16)10-19-14-4-2-3-13(17)8-14/h2-8,17H,10H2,1H3. The molecule has 2 aromatic carbocycles. The summed E-state index contributed by atoms with van der Waals surface area (Å²) in [4.78, 5) is 0. The molecule has 0 aliphatic carbocycles. The van der Waals surface area contributed by atoms with Gasteiger partial charge in [-0.15, -0.1) is 0 Å². The van der Waals surface area contributed by atoms with Crippen molar-refractivity contribution in [2.75, 3.05) is 7.11 Å². The van der Waals surface area contributed by atoms with Gasteiger partial charge in [0, 0.05) is 6.07 Å². The number of aromatic hydroxyl groups is 1. The largest absolute Gasteiger partial charge is 0.508 e. The molecule has 0 atom stereocenters. The smallest absolute Gasteiger partial charge is 0.136 e. The van der Waals surface area contributed by atoms with Gasteiger partial charge in [0.25, 0.3) is 0 Å². The molecule has 0 amide bonds. The molecule has 0 spiro atoms. The number of benzene rings is 2. The fourth-order valence-corrected chi connectivity index (χ4v) is 1.67. The second-order valence-electron chi connectivity index (χ2n) is 3.93. The molecule has 0 heterocycles. The summed E-state index contributed by atoms with van der Waals surface area (Å²) in [6.07, 6.45) is 0. The second-order valence-corrected chi connectivity index (χ2v) is 3.93. The Bertz CT molecular complexity index is 617. The van der Waals surface area contributed by atoms with Crippen LogP contribution in [0.3, 0.4) is 0 Å². The van der Waals surface area contributed by atoms with E-state index >= 15 is 0 Å². The average Bonchev–Trinajstić information content (AvgIpc) is 2.45. The van der Waals surface area contributed by atoms with E-state index in [1.807, 2.05) is 6.07 Å². The zero-order valence-corrected chi connectivity index (χ0v) is 10.5. The number of phenols is 1. The lowest BCUT2D eigenvalue weighted by Crippen LogP contribution is -1.97. The molecule has 2 rings (SSSR count). The van der Waals surface area contributed by atoms with Crippen LogP contribution in [-0.2, 0) is 6.61 Å². The maximum absolute atomic E-state index is 9.32. The molecule has 1 N–H and O–H groups in total. The molecule has 0 radical (unpaired) electrons. The summed E-state index contributed by atoms with van der Waals surface area (Å²) in [7, 11) is 1.53. The van der Waals surface area contributed by atoms with E-state index in [2.05, 4.69) is 6.07 Å². The Morgan fingerprint density at radius 2 is 2.05 bits per heavy atom. The van der Waals surface area contributed by atoms with Crippen LogP contribution in [-0.4, -0.2) is 12.2 Å². The average molecular weight is 255 g/mol. The van der Waals surface area contributed by atoms with E-state index in [1.54, 1.807) is 30.3 Å². The molecule has 0 saturated carbocycles. The molecular formula is C15H13NO3. The minimum atomic E-state index is 0.157. The van der Waals surface area contributed by atoms with Crippen molar-refractivity contribution in [2.24, 2.45) is 0 Å². The van der Waals surface area contributed by atoms with E-state index in [0.717, 1.165) is 5.56 Å². The van der Waals surface area contributed by atoms with E-state index in [-0.39, 0.29) is 5.75 Å². The van der Waals surface area contributed by atoms with E-state index in [0.29, 0.717) is 23.7 Å². The quantitative estimate of drug-likeness (QED) is 0.912. The molecule has 4 nitrogen and oxygen atoms in total. The Hall–Kier alpha value is -2.67. The predicted octanol–water partition coefficient (Wildman–Crippen LogP) is 2.85. The van der Waals surface area contributed by atoms with Crippen molar-refractivity contribution in [2.45, 2.75) is 6.61 Å². The van der Waals surface area contributed by atoms with Gasteiger partial charge in [-0.25, -0.2) is 0 Å². The molecule has 0 aromatic heterocycles. The van der Waals surface area contributed by atoms with Crippen LogP contribution in [0.5, 0.6) is 17.2 Å². The van der Waals surface area contributed by atoms with Gasteiger partial charge in [-0.3, -0.25) is 0 Å². The fraction of sp³-hybridized carbons (Fsp3) is 0.133. The number of hydrogen-bond acceptors (Lipinski definition) is 4. The molecule has 2 aromatic rings.